The van der Waals surface area contributed by atoms with E-state index in [0.717, 1.165) is 23.6 Å². The second-order valence-electron chi connectivity index (χ2n) is 5.76. The Hall–Kier alpha value is -1.75. The van der Waals surface area contributed by atoms with Crippen LogP contribution in [-0.2, 0) is 0 Å². The summed E-state index contributed by atoms with van der Waals surface area (Å²) in [4.78, 5) is 8.99. The molecule has 2 atom stereocenters. The van der Waals surface area contributed by atoms with Gasteiger partial charge in [0.05, 0.1) is 5.92 Å². The number of hydrogen-bond donors (Lipinski definition) is 1. The maximum atomic E-state index is 5.56. The monoisotopic (exact) mass is 286 g/mol. The van der Waals surface area contributed by atoms with E-state index in [-0.39, 0.29) is 0 Å². The van der Waals surface area contributed by atoms with Crippen molar-refractivity contribution in [2.45, 2.75) is 51.0 Å². The molecule has 1 aliphatic carbocycles. The Balaban J connectivity index is 1.88. The fourth-order valence-electron chi connectivity index (χ4n) is 3.15. The molecule has 3 rings (SSSR count). The summed E-state index contributed by atoms with van der Waals surface area (Å²) in [5.41, 5.74) is 1.87. The predicted molar refractivity (Wildman–Crippen MR) is 80.9 cm³/mol. The van der Waals surface area contributed by atoms with Crippen LogP contribution in [0.15, 0.2) is 22.9 Å². The summed E-state index contributed by atoms with van der Waals surface area (Å²) in [5.74, 6) is 1.65. The molecule has 112 valence electrons. The van der Waals surface area contributed by atoms with Crippen LogP contribution < -0.4 is 5.32 Å². The van der Waals surface area contributed by atoms with Crippen LogP contribution in [0, 0.1) is 6.92 Å². The minimum Gasteiger partial charge on any atom is -0.339 e. The lowest BCUT2D eigenvalue weighted by Gasteiger charge is -2.20. The molecule has 0 amide bonds. The highest BCUT2D eigenvalue weighted by atomic mass is 16.5. The number of aryl methyl sites for hydroxylation is 1. The first kappa shape index (κ1) is 14.2. The van der Waals surface area contributed by atoms with Gasteiger partial charge in [0.25, 0.3) is 0 Å². The van der Waals surface area contributed by atoms with Gasteiger partial charge in [-0.1, -0.05) is 30.5 Å². The van der Waals surface area contributed by atoms with Gasteiger partial charge < -0.3 is 9.84 Å². The number of hydrogen-bond acceptors (Lipinski definition) is 5. The molecule has 5 nitrogen and oxygen atoms in total. The maximum absolute atomic E-state index is 5.56. The van der Waals surface area contributed by atoms with Gasteiger partial charge >= 0.3 is 0 Å². The molecule has 21 heavy (non-hydrogen) atoms. The average molecular weight is 286 g/mol. The Kier molecular flexibility index (Phi) is 4.29. The van der Waals surface area contributed by atoms with Gasteiger partial charge in [0.15, 0.2) is 0 Å². The van der Waals surface area contributed by atoms with E-state index in [1.54, 1.807) is 6.20 Å². The van der Waals surface area contributed by atoms with E-state index >= 15 is 0 Å². The quantitative estimate of drug-likeness (QED) is 0.878. The lowest BCUT2D eigenvalue weighted by Crippen LogP contribution is -2.31. The van der Waals surface area contributed by atoms with E-state index in [2.05, 4.69) is 20.4 Å². The standard InChI is InChI=1S/C16H22N4O/c1-11-7-6-10-18-14(11)15-19-16(21-20-15)12-8-4-3-5-9-13(12)17-2/h6-7,10,12-13,17H,3-5,8-9H2,1-2H3. The molecule has 0 aliphatic heterocycles. The molecular weight excluding hydrogens is 264 g/mol. The molecule has 0 aromatic carbocycles. The van der Waals surface area contributed by atoms with Gasteiger partial charge in [0.2, 0.25) is 11.7 Å². The minimum absolute atomic E-state index is 0.308. The van der Waals surface area contributed by atoms with Crippen LogP contribution in [0.25, 0.3) is 11.5 Å². The average Bonchev–Trinajstić information content (AvgIpc) is 2.85. The van der Waals surface area contributed by atoms with Crippen molar-refractivity contribution in [2.24, 2.45) is 0 Å². The summed E-state index contributed by atoms with van der Waals surface area (Å²) in [6.45, 7) is 2.01. The van der Waals surface area contributed by atoms with Gasteiger partial charge in [-0.2, -0.15) is 4.98 Å². The first-order chi connectivity index (χ1) is 10.3. The molecule has 2 aromatic rings. The van der Waals surface area contributed by atoms with Gasteiger partial charge in [-0.25, -0.2) is 0 Å². The first-order valence-electron chi connectivity index (χ1n) is 7.72. The molecule has 2 heterocycles. The summed E-state index contributed by atoms with van der Waals surface area (Å²) < 4.78 is 5.56. The molecule has 5 heteroatoms. The molecular formula is C16H22N4O. The third kappa shape index (κ3) is 2.97. The third-order valence-corrected chi connectivity index (χ3v) is 4.37. The van der Waals surface area contributed by atoms with Crippen molar-refractivity contribution >= 4 is 0 Å². The molecule has 0 saturated heterocycles. The highest BCUT2D eigenvalue weighted by Crippen LogP contribution is 2.32. The summed E-state index contributed by atoms with van der Waals surface area (Å²) in [7, 11) is 2.02. The minimum atomic E-state index is 0.308. The second kappa shape index (κ2) is 6.35. The Morgan fingerprint density at radius 3 is 2.90 bits per heavy atom. The first-order valence-corrected chi connectivity index (χ1v) is 7.72. The van der Waals surface area contributed by atoms with Crippen molar-refractivity contribution in [3.05, 3.63) is 29.8 Å². The largest absolute Gasteiger partial charge is 0.339 e. The van der Waals surface area contributed by atoms with Gasteiger partial charge in [-0.15, -0.1) is 0 Å². The number of nitrogens with one attached hydrogen (secondary N) is 1. The van der Waals surface area contributed by atoms with Crippen LogP contribution >= 0.6 is 0 Å². The zero-order valence-electron chi connectivity index (χ0n) is 12.7. The summed E-state index contributed by atoms with van der Waals surface area (Å²) in [6, 6.07) is 4.35. The van der Waals surface area contributed by atoms with Crippen molar-refractivity contribution in [3.8, 4) is 11.5 Å². The maximum Gasteiger partial charge on any atom is 0.231 e. The van der Waals surface area contributed by atoms with E-state index in [0.29, 0.717) is 17.8 Å². The molecule has 0 spiro atoms. The van der Waals surface area contributed by atoms with E-state index in [1.165, 1.54) is 25.7 Å². The van der Waals surface area contributed by atoms with Gasteiger partial charge in [0, 0.05) is 12.2 Å². The van der Waals surface area contributed by atoms with E-state index in [4.69, 9.17) is 4.52 Å². The number of likely N-dealkylation sites (N-methyl/N-ethyl adjacent to an activating group) is 1. The van der Waals surface area contributed by atoms with Gasteiger partial charge in [-0.05, 0) is 38.4 Å². The lowest BCUT2D eigenvalue weighted by atomic mass is 9.95. The third-order valence-electron chi connectivity index (χ3n) is 4.37. The predicted octanol–water partition coefficient (Wildman–Crippen LogP) is 3.08. The van der Waals surface area contributed by atoms with Crippen LogP contribution in [-0.4, -0.2) is 28.2 Å². The SMILES string of the molecule is CNC1CCCCCC1c1nc(-c2ncccc2C)no1. The van der Waals surface area contributed by atoms with Crippen LogP contribution in [0.1, 0.15) is 49.5 Å². The topological polar surface area (TPSA) is 63.8 Å². The molecule has 1 saturated carbocycles. The van der Waals surface area contributed by atoms with Crippen molar-refractivity contribution < 1.29 is 4.52 Å². The number of aromatic nitrogens is 3. The van der Waals surface area contributed by atoms with Crippen LogP contribution in [0.2, 0.25) is 0 Å². The molecule has 2 aromatic heterocycles. The number of rotatable bonds is 3. The van der Waals surface area contributed by atoms with E-state index in [1.807, 2.05) is 26.1 Å². The van der Waals surface area contributed by atoms with E-state index in [9.17, 15) is 0 Å². The normalized spacial score (nSPS) is 23.0. The smallest absolute Gasteiger partial charge is 0.231 e. The fraction of sp³-hybridized carbons (Fsp3) is 0.562. The fourth-order valence-corrected chi connectivity index (χ4v) is 3.15. The Morgan fingerprint density at radius 1 is 1.24 bits per heavy atom. The second-order valence-corrected chi connectivity index (χ2v) is 5.76. The molecule has 2 unspecified atom stereocenters. The highest BCUT2D eigenvalue weighted by Gasteiger charge is 2.29. The van der Waals surface area contributed by atoms with Gasteiger partial charge in [0.1, 0.15) is 5.69 Å². The molecule has 1 fully saturated rings. The summed E-state index contributed by atoms with van der Waals surface area (Å²) in [6.07, 6.45) is 7.82. The highest BCUT2D eigenvalue weighted by molar-refractivity contribution is 5.53. The lowest BCUT2D eigenvalue weighted by molar-refractivity contribution is 0.311. The van der Waals surface area contributed by atoms with E-state index < -0.39 is 0 Å². The Bertz CT molecular complexity index is 595. The summed E-state index contributed by atoms with van der Waals surface area (Å²) >= 11 is 0. The number of pyridine rings is 1. The van der Waals surface area contributed by atoms with Crippen molar-refractivity contribution in [2.75, 3.05) is 7.05 Å². The van der Waals surface area contributed by atoms with Gasteiger partial charge in [-0.3, -0.25) is 4.98 Å². The molecule has 0 bridgehead atoms. The molecule has 1 N–H and O–H groups in total. The molecule has 1 aliphatic rings. The van der Waals surface area contributed by atoms with Crippen molar-refractivity contribution in [1.29, 1.82) is 0 Å². The zero-order valence-corrected chi connectivity index (χ0v) is 12.7. The number of nitrogens with zero attached hydrogens (tertiary/aromatic N) is 3. The molecule has 0 radical (unpaired) electrons. The Morgan fingerprint density at radius 2 is 2.10 bits per heavy atom. The Labute approximate surface area is 125 Å². The summed E-state index contributed by atoms with van der Waals surface area (Å²) in [5, 5.41) is 7.55. The zero-order chi connectivity index (χ0) is 14.7. The van der Waals surface area contributed by atoms with Crippen LogP contribution in [0.3, 0.4) is 0 Å². The van der Waals surface area contributed by atoms with Crippen LogP contribution in [0.4, 0.5) is 0 Å². The van der Waals surface area contributed by atoms with Crippen molar-refractivity contribution in [1.82, 2.24) is 20.4 Å². The van der Waals surface area contributed by atoms with Crippen LogP contribution in [0.5, 0.6) is 0 Å². The van der Waals surface area contributed by atoms with Crippen molar-refractivity contribution in [3.63, 3.8) is 0 Å².